The number of amides is 3. The fourth-order valence-corrected chi connectivity index (χ4v) is 7.64. The third-order valence-corrected chi connectivity index (χ3v) is 9.33. The molecule has 1 aliphatic carbocycles. The van der Waals surface area contributed by atoms with E-state index in [9.17, 15) is 14.4 Å². The minimum atomic E-state index is -1.22. The molecule has 1 saturated carbocycles. The zero-order valence-corrected chi connectivity index (χ0v) is 24.0. The normalized spacial score (nSPS) is 31.2. The van der Waals surface area contributed by atoms with E-state index in [0.717, 1.165) is 43.2 Å². The maximum atomic E-state index is 14.3. The van der Waals surface area contributed by atoms with Gasteiger partial charge >= 0.3 is 0 Å². The highest BCUT2D eigenvalue weighted by Gasteiger charge is 2.73. The Kier molecular flexibility index (Phi) is 6.72. The van der Waals surface area contributed by atoms with Crippen molar-refractivity contribution in [1.82, 2.24) is 10.2 Å². The number of carbonyl (C=O) groups excluding carboxylic acids is 3. The van der Waals surface area contributed by atoms with Crippen LogP contribution in [0.3, 0.4) is 0 Å². The Hall–Kier alpha value is -3.85. The first-order valence-electron chi connectivity index (χ1n) is 15.1. The minimum absolute atomic E-state index is 0.0611. The maximum Gasteiger partial charge on any atom is 0.246 e. The molecule has 2 saturated heterocycles. The van der Waals surface area contributed by atoms with Gasteiger partial charge in [-0.25, -0.2) is 0 Å². The Labute approximate surface area is 245 Å². The van der Waals surface area contributed by atoms with E-state index in [4.69, 9.17) is 14.2 Å². The van der Waals surface area contributed by atoms with Gasteiger partial charge in [0.15, 0.2) is 17.6 Å². The summed E-state index contributed by atoms with van der Waals surface area (Å²) >= 11 is 0. The Balaban J connectivity index is 1.19. The summed E-state index contributed by atoms with van der Waals surface area (Å²) in [5.41, 5.74) is 1.52. The van der Waals surface area contributed by atoms with Crippen LogP contribution >= 0.6 is 0 Å². The van der Waals surface area contributed by atoms with Crippen LogP contribution in [0.2, 0.25) is 0 Å². The molecule has 7 rings (SSSR count). The predicted octanol–water partition coefficient (Wildman–Crippen LogP) is 3.68. The van der Waals surface area contributed by atoms with Crippen LogP contribution < -0.4 is 20.1 Å². The maximum absolute atomic E-state index is 14.3. The van der Waals surface area contributed by atoms with Crippen LogP contribution in [-0.2, 0) is 19.1 Å². The molecule has 3 fully saturated rings. The fraction of sp³-hybridized carbons (Fsp3) is 0.485. The summed E-state index contributed by atoms with van der Waals surface area (Å²) in [5, 5.41) is 6.26. The van der Waals surface area contributed by atoms with Gasteiger partial charge in [0.25, 0.3) is 0 Å². The van der Waals surface area contributed by atoms with E-state index < -0.39 is 35.7 Å². The molecule has 3 amide bonds. The monoisotopic (exact) mass is 571 g/mol. The molecule has 220 valence electrons. The number of nitrogens with one attached hydrogen (secondary N) is 2. The summed E-state index contributed by atoms with van der Waals surface area (Å²) in [7, 11) is 0. The molecule has 1 spiro atoms. The number of nitrogens with zero attached hydrogens (tertiary/aromatic N) is 1. The number of para-hydroxylation sites is 2. The lowest BCUT2D eigenvalue weighted by Gasteiger charge is -2.36. The largest absolute Gasteiger partial charge is 0.486 e. The lowest BCUT2D eigenvalue weighted by atomic mass is 9.74. The number of hydrogen-bond donors (Lipinski definition) is 2. The van der Waals surface area contributed by atoms with Gasteiger partial charge in [0.1, 0.15) is 18.2 Å². The van der Waals surface area contributed by atoms with Gasteiger partial charge < -0.3 is 29.7 Å². The van der Waals surface area contributed by atoms with E-state index in [1.54, 1.807) is 4.90 Å². The first-order chi connectivity index (χ1) is 20.3. The highest BCUT2D eigenvalue weighted by Crippen LogP contribution is 2.55. The van der Waals surface area contributed by atoms with E-state index in [0.29, 0.717) is 17.2 Å². The topological polar surface area (TPSA) is 106 Å². The van der Waals surface area contributed by atoms with Crippen molar-refractivity contribution in [3.05, 3.63) is 65.7 Å². The van der Waals surface area contributed by atoms with Gasteiger partial charge in [0.05, 0.1) is 24.5 Å². The van der Waals surface area contributed by atoms with Gasteiger partial charge in [0.2, 0.25) is 17.7 Å². The third-order valence-electron chi connectivity index (χ3n) is 9.33. The van der Waals surface area contributed by atoms with Crippen LogP contribution in [-0.4, -0.2) is 65.7 Å². The molecule has 0 aromatic heterocycles. The molecule has 4 heterocycles. The second-order valence-electron chi connectivity index (χ2n) is 12.4. The molecule has 6 atom stereocenters. The van der Waals surface area contributed by atoms with Crippen molar-refractivity contribution in [1.29, 1.82) is 0 Å². The number of rotatable bonds is 6. The van der Waals surface area contributed by atoms with Crippen molar-refractivity contribution in [2.75, 3.05) is 18.5 Å². The Bertz CT molecular complexity index is 1430. The van der Waals surface area contributed by atoms with Crippen molar-refractivity contribution in [3.63, 3.8) is 0 Å². The summed E-state index contributed by atoms with van der Waals surface area (Å²) in [6, 6.07) is 12.4. The molecule has 0 radical (unpaired) electrons. The first-order valence-corrected chi connectivity index (χ1v) is 15.1. The Morgan fingerprint density at radius 1 is 1.00 bits per heavy atom. The molecule has 4 aliphatic heterocycles. The van der Waals surface area contributed by atoms with E-state index in [1.165, 1.54) is 0 Å². The number of hydrogen-bond acceptors (Lipinski definition) is 6. The molecule has 0 unspecified atom stereocenters. The summed E-state index contributed by atoms with van der Waals surface area (Å²) in [4.78, 5) is 43.8. The first kappa shape index (κ1) is 27.0. The van der Waals surface area contributed by atoms with E-state index in [-0.39, 0.29) is 36.9 Å². The Morgan fingerprint density at radius 3 is 2.50 bits per heavy atom. The van der Waals surface area contributed by atoms with Gasteiger partial charge in [-0.2, -0.15) is 0 Å². The van der Waals surface area contributed by atoms with Crippen LogP contribution in [0.4, 0.5) is 5.69 Å². The molecule has 2 aromatic rings. The number of benzene rings is 2. The third kappa shape index (κ3) is 4.54. The second-order valence-corrected chi connectivity index (χ2v) is 12.4. The van der Waals surface area contributed by atoms with Gasteiger partial charge in [-0.1, -0.05) is 49.6 Å². The van der Waals surface area contributed by atoms with E-state index >= 15 is 0 Å². The minimum Gasteiger partial charge on any atom is -0.486 e. The average Bonchev–Trinajstić information content (AvgIpc) is 3.60. The quantitative estimate of drug-likeness (QED) is 0.513. The molecule has 2 aromatic carbocycles. The number of ether oxygens (including phenoxy) is 3. The highest BCUT2D eigenvalue weighted by molar-refractivity contribution is 6.02. The second kappa shape index (κ2) is 10.5. The highest BCUT2D eigenvalue weighted by atomic mass is 16.6. The zero-order chi connectivity index (χ0) is 29.0. The van der Waals surface area contributed by atoms with Gasteiger partial charge in [-0.3, -0.25) is 14.4 Å². The van der Waals surface area contributed by atoms with Crippen LogP contribution in [0.1, 0.15) is 43.2 Å². The SMILES string of the molecule is Cc1cc(C)cc(NC(=O)[C@H]2[C@H]3C=C[C@]4(O3)[C@H](C(=O)NC3CCCCC3)N(C[C@H]3COc5ccccc5O3)C(=O)[C@@H]24)c1. The molecular weight excluding hydrogens is 534 g/mol. The molecule has 2 bridgehead atoms. The molecule has 42 heavy (non-hydrogen) atoms. The van der Waals surface area contributed by atoms with Crippen molar-refractivity contribution in [2.45, 2.75) is 75.8 Å². The van der Waals surface area contributed by atoms with Crippen molar-refractivity contribution >= 4 is 23.4 Å². The van der Waals surface area contributed by atoms with Crippen LogP contribution in [0, 0.1) is 25.7 Å². The number of anilines is 1. The van der Waals surface area contributed by atoms with Crippen LogP contribution in [0.15, 0.2) is 54.6 Å². The summed E-state index contributed by atoms with van der Waals surface area (Å²) < 4.78 is 18.6. The lowest BCUT2D eigenvalue weighted by molar-refractivity contribution is -0.143. The van der Waals surface area contributed by atoms with E-state index in [1.807, 2.05) is 68.5 Å². The fourth-order valence-electron chi connectivity index (χ4n) is 7.64. The van der Waals surface area contributed by atoms with E-state index in [2.05, 4.69) is 10.6 Å². The zero-order valence-electron chi connectivity index (χ0n) is 24.0. The van der Waals surface area contributed by atoms with Gasteiger partial charge in [0, 0.05) is 11.7 Å². The molecule has 9 nitrogen and oxygen atoms in total. The molecule has 2 N–H and O–H groups in total. The summed E-state index contributed by atoms with van der Waals surface area (Å²) in [5.74, 6) is -1.13. The van der Waals surface area contributed by atoms with Crippen LogP contribution in [0.25, 0.3) is 0 Å². The number of aryl methyl sites for hydroxylation is 2. The molecule has 9 heteroatoms. The summed E-state index contributed by atoms with van der Waals surface area (Å²) in [6.07, 6.45) is 7.76. The molecular formula is C33H37N3O6. The standard InChI is InChI=1S/C33H37N3O6/c1-19-14-20(2)16-22(15-19)35-30(37)27-26-12-13-33(42-26)28(27)32(39)36(29(33)31(38)34-21-8-4-3-5-9-21)17-23-18-40-24-10-6-7-11-25(24)41-23/h6-7,10-16,21,23,26-29H,3-5,8-9,17-18H2,1-2H3,(H,34,38)(H,35,37)/t23-,26+,27-,28+,29-,33+/m0/s1. The number of carbonyl (C=O) groups is 3. The summed E-state index contributed by atoms with van der Waals surface area (Å²) in [6.45, 7) is 4.33. The van der Waals surface area contributed by atoms with Crippen LogP contribution in [0.5, 0.6) is 11.5 Å². The van der Waals surface area contributed by atoms with Crippen molar-refractivity contribution in [3.8, 4) is 11.5 Å². The van der Waals surface area contributed by atoms with Crippen molar-refractivity contribution < 1.29 is 28.6 Å². The van der Waals surface area contributed by atoms with Gasteiger partial charge in [-0.05, 0) is 62.1 Å². The van der Waals surface area contributed by atoms with Gasteiger partial charge in [-0.15, -0.1) is 0 Å². The average molecular weight is 572 g/mol. The Morgan fingerprint density at radius 2 is 1.74 bits per heavy atom. The smallest absolute Gasteiger partial charge is 0.246 e. The lowest BCUT2D eigenvalue weighted by Crippen LogP contribution is -2.58. The number of likely N-dealkylation sites (tertiary alicyclic amines) is 1. The predicted molar refractivity (Wildman–Crippen MR) is 155 cm³/mol. The van der Waals surface area contributed by atoms with Crippen molar-refractivity contribution in [2.24, 2.45) is 11.8 Å². The number of fused-ring (bicyclic) bond motifs is 2. The molecule has 5 aliphatic rings.